The zero-order chi connectivity index (χ0) is 8.43. The lowest BCUT2D eigenvalue weighted by Crippen LogP contribution is -2.08. The monoisotopic (exact) mass is 266 g/mol. The third-order valence-electron chi connectivity index (χ3n) is 1.36. The van der Waals surface area contributed by atoms with Crippen LogP contribution in [0.5, 0.6) is 0 Å². The topological polar surface area (TPSA) is 43.6 Å². The second-order valence-corrected chi connectivity index (χ2v) is 4.56. The number of hydrogen-bond donors (Lipinski definition) is 0. The molecule has 1 aromatic heterocycles. The van der Waals surface area contributed by atoms with E-state index in [4.69, 9.17) is 0 Å². The molecule has 0 radical (unpaired) electrons. The summed E-state index contributed by atoms with van der Waals surface area (Å²) in [7, 11) is 0. The third kappa shape index (κ3) is 1.88. The van der Waals surface area contributed by atoms with Crippen LogP contribution in [0.15, 0.2) is 0 Å². The van der Waals surface area contributed by atoms with Crippen LogP contribution in [0.1, 0.15) is 36.6 Å². The lowest BCUT2D eigenvalue weighted by Gasteiger charge is -2.08. The summed E-state index contributed by atoms with van der Waals surface area (Å²) < 4.78 is 2.21. The summed E-state index contributed by atoms with van der Waals surface area (Å²) in [5, 5.41) is 11.4. The zero-order valence-corrected chi connectivity index (χ0v) is 8.98. The number of alkyl halides is 1. The molecule has 0 aliphatic carbocycles. The average molecular weight is 266 g/mol. The number of nitrogens with zero attached hydrogens (tertiary/aromatic N) is 4. The summed E-state index contributed by atoms with van der Waals surface area (Å²) in [6.45, 7) is 6.21. The van der Waals surface area contributed by atoms with E-state index in [-0.39, 0.29) is 0 Å². The summed E-state index contributed by atoms with van der Waals surface area (Å²) in [6.07, 6.45) is 0. The molecule has 5 heteroatoms. The van der Waals surface area contributed by atoms with Gasteiger partial charge in [-0.25, -0.2) is 4.68 Å². The Morgan fingerprint density at radius 3 is 2.36 bits per heavy atom. The Morgan fingerprint density at radius 1 is 1.36 bits per heavy atom. The Labute approximate surface area is 79.5 Å². The SMILES string of the molecule is CC(I)c1nnnn1C(C)C. The first-order valence-corrected chi connectivity index (χ1v) is 4.79. The molecule has 4 nitrogen and oxygen atoms in total. The minimum Gasteiger partial charge on any atom is -0.226 e. The molecule has 0 aliphatic heterocycles. The van der Waals surface area contributed by atoms with E-state index in [1.54, 1.807) is 0 Å². The van der Waals surface area contributed by atoms with Gasteiger partial charge in [-0.1, -0.05) is 22.6 Å². The average Bonchev–Trinajstić information content (AvgIpc) is 2.32. The number of tetrazole rings is 1. The Kier molecular flexibility index (Phi) is 2.80. The van der Waals surface area contributed by atoms with E-state index < -0.39 is 0 Å². The fourth-order valence-electron chi connectivity index (χ4n) is 0.830. The van der Waals surface area contributed by atoms with Crippen LogP contribution in [0.4, 0.5) is 0 Å². The molecule has 0 saturated carbocycles. The van der Waals surface area contributed by atoms with Crippen molar-refractivity contribution in [2.45, 2.75) is 30.7 Å². The Bertz CT molecular complexity index is 208. The largest absolute Gasteiger partial charge is 0.226 e. The summed E-state index contributed by atoms with van der Waals surface area (Å²) in [6, 6.07) is 0.345. The van der Waals surface area contributed by atoms with Crippen molar-refractivity contribution in [3.05, 3.63) is 5.82 Å². The first kappa shape index (κ1) is 8.89. The van der Waals surface area contributed by atoms with E-state index in [1.165, 1.54) is 0 Å². The molecular formula is C6H11IN4. The van der Waals surface area contributed by atoms with Gasteiger partial charge >= 0.3 is 0 Å². The van der Waals surface area contributed by atoms with Crippen molar-refractivity contribution in [2.24, 2.45) is 0 Å². The quantitative estimate of drug-likeness (QED) is 0.605. The van der Waals surface area contributed by atoms with Gasteiger partial charge in [0.05, 0.1) is 9.97 Å². The van der Waals surface area contributed by atoms with Crippen LogP contribution in [0.3, 0.4) is 0 Å². The molecule has 62 valence electrons. The highest BCUT2D eigenvalue weighted by Gasteiger charge is 2.12. The van der Waals surface area contributed by atoms with Gasteiger partial charge in [0.1, 0.15) is 0 Å². The van der Waals surface area contributed by atoms with Crippen molar-refractivity contribution in [1.29, 1.82) is 0 Å². The molecular weight excluding hydrogens is 255 g/mol. The summed E-state index contributed by atoms with van der Waals surface area (Å²) >= 11 is 2.30. The molecule has 0 N–H and O–H groups in total. The van der Waals surface area contributed by atoms with E-state index >= 15 is 0 Å². The predicted molar refractivity (Wildman–Crippen MR) is 50.6 cm³/mol. The van der Waals surface area contributed by atoms with E-state index in [1.807, 2.05) is 4.68 Å². The fourth-order valence-corrected chi connectivity index (χ4v) is 1.24. The predicted octanol–water partition coefficient (Wildman–Crippen LogP) is 1.75. The molecule has 1 aromatic rings. The van der Waals surface area contributed by atoms with Crippen LogP contribution in [0.2, 0.25) is 0 Å². The highest BCUT2D eigenvalue weighted by atomic mass is 127. The van der Waals surface area contributed by atoms with Crippen LogP contribution < -0.4 is 0 Å². The van der Waals surface area contributed by atoms with Crippen molar-refractivity contribution < 1.29 is 0 Å². The molecule has 1 rings (SSSR count). The van der Waals surface area contributed by atoms with Gasteiger partial charge in [0.25, 0.3) is 0 Å². The smallest absolute Gasteiger partial charge is 0.164 e. The Hall–Kier alpha value is -0.200. The van der Waals surface area contributed by atoms with Crippen LogP contribution >= 0.6 is 22.6 Å². The zero-order valence-electron chi connectivity index (χ0n) is 6.82. The second-order valence-electron chi connectivity index (χ2n) is 2.69. The number of hydrogen-bond acceptors (Lipinski definition) is 3. The van der Waals surface area contributed by atoms with Crippen molar-refractivity contribution in [2.75, 3.05) is 0 Å². The van der Waals surface area contributed by atoms with Crippen molar-refractivity contribution in [3.8, 4) is 0 Å². The summed E-state index contributed by atoms with van der Waals surface area (Å²) in [5.74, 6) is 0.945. The highest BCUT2D eigenvalue weighted by Crippen LogP contribution is 2.20. The molecule has 0 aromatic carbocycles. The molecule has 0 bridgehead atoms. The summed E-state index contributed by atoms with van der Waals surface area (Å²) in [4.78, 5) is 0. The molecule has 0 aliphatic rings. The van der Waals surface area contributed by atoms with Crippen LogP contribution in [-0.4, -0.2) is 20.2 Å². The molecule has 11 heavy (non-hydrogen) atoms. The van der Waals surface area contributed by atoms with Gasteiger partial charge in [0.2, 0.25) is 0 Å². The first-order valence-electron chi connectivity index (χ1n) is 3.54. The minimum absolute atomic E-state index is 0.345. The van der Waals surface area contributed by atoms with Crippen LogP contribution in [0.25, 0.3) is 0 Å². The molecule has 1 atom stereocenters. The number of rotatable bonds is 2. The van der Waals surface area contributed by atoms with Gasteiger partial charge < -0.3 is 0 Å². The van der Waals surface area contributed by atoms with Crippen LogP contribution in [-0.2, 0) is 0 Å². The van der Waals surface area contributed by atoms with Gasteiger partial charge in [-0.15, -0.1) is 5.10 Å². The minimum atomic E-state index is 0.345. The maximum absolute atomic E-state index is 3.93. The molecule has 1 heterocycles. The van der Waals surface area contributed by atoms with Crippen molar-refractivity contribution in [1.82, 2.24) is 20.2 Å². The standard InChI is InChI=1S/C6H11IN4/c1-4(2)11-6(5(3)7)8-9-10-11/h4-5H,1-3H3. The molecule has 1 unspecified atom stereocenters. The molecule has 0 saturated heterocycles. The number of aromatic nitrogens is 4. The number of halogens is 1. The van der Waals surface area contributed by atoms with E-state index in [2.05, 4.69) is 58.9 Å². The highest BCUT2D eigenvalue weighted by molar-refractivity contribution is 14.1. The Morgan fingerprint density at radius 2 is 2.00 bits per heavy atom. The first-order chi connectivity index (χ1) is 5.13. The van der Waals surface area contributed by atoms with Gasteiger partial charge in [-0.05, 0) is 31.2 Å². The van der Waals surface area contributed by atoms with Gasteiger partial charge in [0, 0.05) is 0 Å². The Balaban J connectivity index is 2.96. The fraction of sp³-hybridized carbons (Fsp3) is 0.833. The van der Waals surface area contributed by atoms with Crippen LogP contribution in [0, 0.1) is 0 Å². The molecule has 0 amide bonds. The van der Waals surface area contributed by atoms with E-state index in [0.29, 0.717) is 9.97 Å². The lowest BCUT2D eigenvalue weighted by molar-refractivity contribution is 0.496. The van der Waals surface area contributed by atoms with Crippen molar-refractivity contribution in [3.63, 3.8) is 0 Å². The maximum Gasteiger partial charge on any atom is 0.164 e. The van der Waals surface area contributed by atoms with Gasteiger partial charge in [-0.3, -0.25) is 0 Å². The normalized spacial score (nSPS) is 13.9. The van der Waals surface area contributed by atoms with E-state index in [9.17, 15) is 0 Å². The third-order valence-corrected chi connectivity index (χ3v) is 1.92. The second kappa shape index (κ2) is 3.46. The maximum atomic E-state index is 3.93. The van der Waals surface area contributed by atoms with E-state index in [0.717, 1.165) is 5.82 Å². The van der Waals surface area contributed by atoms with Crippen molar-refractivity contribution >= 4 is 22.6 Å². The van der Waals surface area contributed by atoms with Gasteiger partial charge in [-0.2, -0.15) is 0 Å². The van der Waals surface area contributed by atoms with Gasteiger partial charge in [0.15, 0.2) is 5.82 Å². The lowest BCUT2D eigenvalue weighted by atomic mass is 10.4. The molecule has 0 fully saturated rings. The summed E-state index contributed by atoms with van der Waals surface area (Å²) in [5.41, 5.74) is 0. The molecule has 0 spiro atoms.